The van der Waals surface area contributed by atoms with Crippen LogP contribution in [0.5, 0.6) is 11.5 Å². The lowest BCUT2D eigenvalue weighted by Crippen LogP contribution is -2.48. The summed E-state index contributed by atoms with van der Waals surface area (Å²) in [5, 5.41) is 0.716. The number of nitrogens with zero attached hydrogens (tertiary/aromatic N) is 4. The van der Waals surface area contributed by atoms with Crippen LogP contribution in [0, 0.1) is 0 Å². The minimum absolute atomic E-state index is 0. The molecule has 28 heavy (non-hydrogen) atoms. The van der Waals surface area contributed by atoms with Gasteiger partial charge in [-0.2, -0.15) is 4.98 Å². The summed E-state index contributed by atoms with van der Waals surface area (Å²) in [5.74, 6) is 2.15. The lowest BCUT2D eigenvalue weighted by molar-refractivity contribution is -0.126. The van der Waals surface area contributed by atoms with Crippen LogP contribution in [0.25, 0.3) is 10.9 Å². The predicted molar refractivity (Wildman–Crippen MR) is 112 cm³/mol. The third-order valence-electron chi connectivity index (χ3n) is 4.40. The lowest BCUT2D eigenvalue weighted by atomic mass is 10.2. The molecule has 1 aromatic carbocycles. The Morgan fingerprint density at radius 3 is 2.29 bits per heavy atom. The third-order valence-corrected chi connectivity index (χ3v) is 4.40. The van der Waals surface area contributed by atoms with Crippen LogP contribution < -0.4 is 20.1 Å². The normalized spacial score (nSPS) is 13.8. The van der Waals surface area contributed by atoms with E-state index >= 15 is 0 Å². The fourth-order valence-corrected chi connectivity index (χ4v) is 2.98. The Hall–Kier alpha value is -2.78. The zero-order valence-electron chi connectivity index (χ0n) is 16.1. The Morgan fingerprint density at radius 2 is 1.71 bits per heavy atom. The molecule has 1 aliphatic rings. The van der Waals surface area contributed by atoms with E-state index in [2.05, 4.69) is 9.97 Å². The molecule has 0 spiro atoms. The summed E-state index contributed by atoms with van der Waals surface area (Å²) >= 11 is 0. The number of ether oxygens (including phenoxy) is 2. The highest BCUT2D eigenvalue weighted by molar-refractivity contribution is 5.92. The number of nitrogens with two attached hydrogens (primary N) is 1. The number of aromatic nitrogens is 2. The number of carbonyl (C=O) groups is 1. The molecule has 2 heterocycles. The van der Waals surface area contributed by atoms with Crippen molar-refractivity contribution in [1.29, 1.82) is 0 Å². The van der Waals surface area contributed by atoms with Crippen LogP contribution in [0.3, 0.4) is 0 Å². The summed E-state index contributed by atoms with van der Waals surface area (Å²) in [6.45, 7) is 4.39. The van der Waals surface area contributed by atoms with Crippen molar-refractivity contribution in [3.63, 3.8) is 0 Å². The summed E-state index contributed by atoms with van der Waals surface area (Å²) in [7, 11) is 3.15. The van der Waals surface area contributed by atoms with Crippen molar-refractivity contribution in [3.05, 3.63) is 24.3 Å². The number of rotatable bonds is 4. The number of anilines is 2. The first-order valence-corrected chi connectivity index (χ1v) is 8.43. The predicted octanol–water partition coefficient (Wildman–Crippen LogP) is 1.05. The van der Waals surface area contributed by atoms with Crippen molar-refractivity contribution in [3.8, 4) is 11.5 Å². The highest BCUT2D eigenvalue weighted by atomic mass is 35.5. The first-order chi connectivity index (χ1) is 12.6. The molecular weight excluding hydrogens is 386 g/mol. The second-order valence-electron chi connectivity index (χ2n) is 5.95. The fraction of sp³-hybridized carbons (Fsp3) is 0.389. The van der Waals surface area contributed by atoms with Gasteiger partial charge in [-0.15, -0.1) is 12.4 Å². The molecule has 2 aromatic rings. The SMILES string of the molecule is C/C=C/C(=O)N1CCN(c2nc(N)c3cc(OC)c(OC)cc3n2)CC1.Cl.O. The van der Waals surface area contributed by atoms with Gasteiger partial charge in [-0.25, -0.2) is 4.98 Å². The monoisotopic (exact) mass is 411 g/mol. The van der Waals surface area contributed by atoms with Crippen molar-refractivity contribution >= 4 is 41.0 Å². The van der Waals surface area contributed by atoms with Crippen molar-refractivity contribution in [1.82, 2.24) is 14.9 Å². The summed E-state index contributed by atoms with van der Waals surface area (Å²) in [5.41, 5.74) is 6.84. The van der Waals surface area contributed by atoms with Crippen LogP contribution in [0.4, 0.5) is 11.8 Å². The number of fused-ring (bicyclic) bond motifs is 1. The molecule has 1 aromatic heterocycles. The topological polar surface area (TPSA) is 125 Å². The first kappa shape index (κ1) is 23.3. The molecule has 1 saturated heterocycles. The molecule has 9 nitrogen and oxygen atoms in total. The number of hydrogen-bond acceptors (Lipinski definition) is 7. The Morgan fingerprint density at radius 1 is 1.11 bits per heavy atom. The van der Waals surface area contributed by atoms with Gasteiger partial charge in [-0.3, -0.25) is 4.79 Å². The highest BCUT2D eigenvalue weighted by Crippen LogP contribution is 2.34. The van der Waals surface area contributed by atoms with Gasteiger partial charge in [0.1, 0.15) is 5.82 Å². The number of piperazine rings is 1. The maximum Gasteiger partial charge on any atom is 0.246 e. The van der Waals surface area contributed by atoms with Crippen LogP contribution >= 0.6 is 12.4 Å². The number of amides is 1. The van der Waals surface area contributed by atoms with E-state index in [0.717, 1.165) is 0 Å². The number of nitrogen functional groups attached to an aromatic ring is 1. The molecule has 0 radical (unpaired) electrons. The van der Waals surface area contributed by atoms with E-state index < -0.39 is 0 Å². The van der Waals surface area contributed by atoms with Gasteiger partial charge >= 0.3 is 0 Å². The maximum absolute atomic E-state index is 11.9. The van der Waals surface area contributed by atoms with Gasteiger partial charge in [0.25, 0.3) is 0 Å². The molecule has 1 aliphatic heterocycles. The molecule has 0 bridgehead atoms. The van der Waals surface area contributed by atoms with Crippen molar-refractivity contribution < 1.29 is 19.7 Å². The first-order valence-electron chi connectivity index (χ1n) is 8.43. The zero-order chi connectivity index (χ0) is 18.7. The highest BCUT2D eigenvalue weighted by Gasteiger charge is 2.22. The van der Waals surface area contributed by atoms with Gasteiger partial charge in [0.2, 0.25) is 11.9 Å². The smallest absolute Gasteiger partial charge is 0.246 e. The minimum Gasteiger partial charge on any atom is -0.493 e. The summed E-state index contributed by atoms with van der Waals surface area (Å²) in [4.78, 5) is 24.9. The summed E-state index contributed by atoms with van der Waals surface area (Å²) in [6, 6.07) is 3.57. The van der Waals surface area contributed by atoms with E-state index in [9.17, 15) is 4.79 Å². The lowest BCUT2D eigenvalue weighted by Gasteiger charge is -2.34. The van der Waals surface area contributed by atoms with E-state index in [0.29, 0.717) is 60.3 Å². The fourth-order valence-electron chi connectivity index (χ4n) is 2.98. The van der Waals surface area contributed by atoms with Crippen molar-refractivity contribution in [2.75, 3.05) is 51.0 Å². The molecule has 3 rings (SSSR count). The van der Waals surface area contributed by atoms with Gasteiger partial charge in [0, 0.05) is 37.6 Å². The minimum atomic E-state index is 0. The van der Waals surface area contributed by atoms with Crippen molar-refractivity contribution in [2.45, 2.75) is 6.92 Å². The van der Waals surface area contributed by atoms with Crippen LogP contribution in [-0.2, 0) is 4.79 Å². The van der Waals surface area contributed by atoms with Gasteiger partial charge < -0.3 is 30.5 Å². The summed E-state index contributed by atoms with van der Waals surface area (Å²) in [6.07, 6.45) is 3.34. The van der Waals surface area contributed by atoms with Crippen LogP contribution in [0.15, 0.2) is 24.3 Å². The van der Waals surface area contributed by atoms with Crippen molar-refractivity contribution in [2.24, 2.45) is 0 Å². The standard InChI is InChI=1S/C18H23N5O3.ClH.H2O/c1-4-5-16(24)22-6-8-23(9-7-22)18-20-13-11-15(26-3)14(25-2)10-12(13)17(19)21-18;;/h4-5,10-11H,6-9H2,1-3H3,(H2,19,20,21);1H;1H2/b5-4+;;. The molecule has 1 amide bonds. The molecular formula is C18H26ClN5O4. The zero-order valence-corrected chi connectivity index (χ0v) is 17.0. The average molecular weight is 412 g/mol. The van der Waals surface area contributed by atoms with Crippen LogP contribution in [0.1, 0.15) is 6.92 Å². The molecule has 0 aliphatic carbocycles. The second kappa shape index (κ2) is 9.95. The molecule has 10 heteroatoms. The van der Waals surface area contributed by atoms with E-state index in [1.165, 1.54) is 0 Å². The largest absolute Gasteiger partial charge is 0.493 e. The molecule has 0 saturated carbocycles. The second-order valence-corrected chi connectivity index (χ2v) is 5.95. The van der Waals surface area contributed by atoms with Gasteiger partial charge in [0.15, 0.2) is 11.5 Å². The number of carbonyl (C=O) groups excluding carboxylic acids is 1. The molecule has 0 atom stereocenters. The van der Waals surface area contributed by atoms with E-state index in [-0.39, 0.29) is 23.8 Å². The number of benzene rings is 1. The van der Waals surface area contributed by atoms with Crippen LogP contribution in [0.2, 0.25) is 0 Å². The summed E-state index contributed by atoms with van der Waals surface area (Å²) < 4.78 is 10.7. The van der Waals surface area contributed by atoms with E-state index in [1.54, 1.807) is 38.5 Å². The van der Waals surface area contributed by atoms with E-state index in [1.807, 2.05) is 16.7 Å². The quantitative estimate of drug-likeness (QED) is 0.745. The van der Waals surface area contributed by atoms with Gasteiger partial charge in [0.05, 0.1) is 19.7 Å². The number of halogens is 1. The molecule has 1 fully saturated rings. The maximum atomic E-state index is 11.9. The van der Waals surface area contributed by atoms with Crippen LogP contribution in [-0.4, -0.2) is 66.6 Å². The van der Waals surface area contributed by atoms with E-state index in [4.69, 9.17) is 15.2 Å². The molecule has 4 N–H and O–H groups in total. The Labute approximate surface area is 169 Å². The third kappa shape index (κ3) is 4.55. The number of methoxy groups -OCH3 is 2. The Balaban J connectivity index is 0.00000196. The Bertz CT molecular complexity index is 853. The number of hydrogen-bond donors (Lipinski definition) is 1. The molecule has 154 valence electrons. The number of allylic oxidation sites excluding steroid dienone is 1. The van der Waals surface area contributed by atoms with Gasteiger partial charge in [-0.05, 0) is 19.1 Å². The Kier molecular flexibility index (Phi) is 8.27. The molecule has 0 unspecified atom stereocenters. The van der Waals surface area contributed by atoms with Gasteiger partial charge in [-0.1, -0.05) is 6.08 Å². The average Bonchev–Trinajstić information content (AvgIpc) is 2.67.